The van der Waals surface area contributed by atoms with Gasteiger partial charge in [-0.15, -0.1) is 0 Å². The first-order chi connectivity index (χ1) is 18.0. The van der Waals surface area contributed by atoms with E-state index in [0.29, 0.717) is 41.7 Å². The number of amides is 2. The number of nitrogens with zero attached hydrogens (tertiary/aromatic N) is 1. The molecule has 1 N–H and O–H groups in total. The summed E-state index contributed by atoms with van der Waals surface area (Å²) >= 11 is 0. The van der Waals surface area contributed by atoms with Crippen LogP contribution in [0.1, 0.15) is 23.6 Å². The number of carbonyl (C=O) groups excluding carboxylic acids is 2. The smallest absolute Gasteiger partial charge is 0.228 e. The predicted octanol–water partition coefficient (Wildman–Crippen LogP) is 4.17. The monoisotopic (exact) mass is 504 g/mol. The summed E-state index contributed by atoms with van der Waals surface area (Å²) in [7, 11) is 6.38. The van der Waals surface area contributed by atoms with Gasteiger partial charge in [0.1, 0.15) is 11.5 Å². The summed E-state index contributed by atoms with van der Waals surface area (Å²) in [5.74, 6) is 1.88. The molecule has 37 heavy (non-hydrogen) atoms. The Morgan fingerprint density at radius 3 is 2.05 bits per heavy atom. The van der Waals surface area contributed by atoms with E-state index in [9.17, 15) is 9.59 Å². The van der Waals surface area contributed by atoms with Crippen molar-refractivity contribution in [2.45, 2.75) is 18.9 Å². The zero-order valence-electron chi connectivity index (χ0n) is 21.5. The first-order valence-corrected chi connectivity index (χ1v) is 12.1. The topological polar surface area (TPSA) is 86.3 Å². The molecule has 2 atom stereocenters. The third-order valence-corrected chi connectivity index (χ3v) is 6.63. The normalized spacial score (nSPS) is 16.9. The summed E-state index contributed by atoms with van der Waals surface area (Å²) < 4.78 is 21.2. The Hall–Kier alpha value is -4.20. The second-order valence-electron chi connectivity index (χ2n) is 8.72. The molecule has 0 saturated carbocycles. The Morgan fingerprint density at radius 2 is 1.46 bits per heavy atom. The fourth-order valence-corrected chi connectivity index (χ4v) is 4.70. The van der Waals surface area contributed by atoms with E-state index in [4.69, 9.17) is 18.9 Å². The molecular formula is C29H32N2O6. The highest BCUT2D eigenvalue weighted by Crippen LogP contribution is 2.42. The second kappa shape index (κ2) is 11.7. The molecule has 0 unspecified atom stereocenters. The first-order valence-electron chi connectivity index (χ1n) is 12.1. The largest absolute Gasteiger partial charge is 0.497 e. The summed E-state index contributed by atoms with van der Waals surface area (Å²) in [4.78, 5) is 28.4. The Balaban J connectivity index is 1.54. The molecule has 1 saturated heterocycles. The van der Waals surface area contributed by atoms with Gasteiger partial charge in [-0.3, -0.25) is 9.59 Å². The van der Waals surface area contributed by atoms with E-state index in [0.717, 1.165) is 11.1 Å². The van der Waals surface area contributed by atoms with Gasteiger partial charge in [-0.25, -0.2) is 0 Å². The van der Waals surface area contributed by atoms with Crippen LogP contribution < -0.4 is 29.2 Å². The molecule has 0 bridgehead atoms. The van der Waals surface area contributed by atoms with Gasteiger partial charge in [0.2, 0.25) is 11.8 Å². The van der Waals surface area contributed by atoms with E-state index < -0.39 is 12.0 Å². The summed E-state index contributed by atoms with van der Waals surface area (Å²) in [5.41, 5.74) is 2.58. The first kappa shape index (κ1) is 25.9. The minimum Gasteiger partial charge on any atom is -0.497 e. The van der Waals surface area contributed by atoms with Crippen molar-refractivity contribution in [3.8, 4) is 23.0 Å². The number of anilines is 1. The van der Waals surface area contributed by atoms with E-state index in [-0.39, 0.29) is 18.2 Å². The number of nitrogens with one attached hydrogen (secondary N) is 1. The Morgan fingerprint density at radius 1 is 0.838 bits per heavy atom. The molecule has 0 spiro atoms. The molecule has 1 heterocycles. The van der Waals surface area contributed by atoms with Gasteiger partial charge in [-0.2, -0.15) is 0 Å². The number of hydrogen-bond donors (Lipinski definition) is 1. The van der Waals surface area contributed by atoms with Crippen molar-refractivity contribution in [3.63, 3.8) is 0 Å². The highest BCUT2D eigenvalue weighted by molar-refractivity contribution is 6.01. The van der Waals surface area contributed by atoms with Gasteiger partial charge in [-0.05, 0) is 66.1 Å². The molecule has 8 heteroatoms. The van der Waals surface area contributed by atoms with Crippen LogP contribution in [0.5, 0.6) is 23.0 Å². The van der Waals surface area contributed by atoms with Gasteiger partial charge < -0.3 is 29.2 Å². The number of benzene rings is 3. The Labute approximate surface area is 217 Å². The van der Waals surface area contributed by atoms with Crippen molar-refractivity contribution < 1.29 is 28.5 Å². The maximum Gasteiger partial charge on any atom is 0.228 e. The molecule has 3 aromatic rings. The number of hydrogen-bond acceptors (Lipinski definition) is 6. The predicted molar refractivity (Wildman–Crippen MR) is 141 cm³/mol. The lowest BCUT2D eigenvalue weighted by Gasteiger charge is -2.28. The van der Waals surface area contributed by atoms with Crippen molar-refractivity contribution in [2.75, 3.05) is 39.9 Å². The van der Waals surface area contributed by atoms with Gasteiger partial charge in [0.25, 0.3) is 0 Å². The van der Waals surface area contributed by atoms with Crippen LogP contribution >= 0.6 is 0 Å². The zero-order chi connectivity index (χ0) is 26.4. The molecule has 3 aromatic carbocycles. The minimum atomic E-state index is -0.548. The molecule has 0 aliphatic carbocycles. The highest BCUT2D eigenvalue weighted by Gasteiger charge is 2.45. The molecule has 0 aromatic heterocycles. The van der Waals surface area contributed by atoms with Crippen LogP contribution in [0, 0.1) is 5.92 Å². The maximum absolute atomic E-state index is 13.4. The van der Waals surface area contributed by atoms with Gasteiger partial charge >= 0.3 is 0 Å². The van der Waals surface area contributed by atoms with E-state index in [1.807, 2.05) is 66.7 Å². The molecule has 194 valence electrons. The Kier molecular flexibility index (Phi) is 8.18. The third kappa shape index (κ3) is 5.63. The lowest BCUT2D eigenvalue weighted by Crippen LogP contribution is -2.36. The fourth-order valence-electron chi connectivity index (χ4n) is 4.70. The van der Waals surface area contributed by atoms with Crippen LogP contribution in [0.25, 0.3) is 0 Å². The highest BCUT2D eigenvalue weighted by atomic mass is 16.5. The quantitative estimate of drug-likeness (QED) is 0.446. The molecule has 2 amide bonds. The zero-order valence-corrected chi connectivity index (χ0v) is 21.5. The average molecular weight is 505 g/mol. The Bertz CT molecular complexity index is 1230. The van der Waals surface area contributed by atoms with E-state index in [1.165, 1.54) is 0 Å². The van der Waals surface area contributed by atoms with Crippen molar-refractivity contribution >= 4 is 17.5 Å². The molecule has 8 nitrogen and oxygen atoms in total. The molecule has 1 aliphatic rings. The van der Waals surface area contributed by atoms with Crippen LogP contribution in [0.2, 0.25) is 0 Å². The van der Waals surface area contributed by atoms with Crippen LogP contribution in [-0.2, 0) is 16.0 Å². The SMILES string of the molecule is COc1ccc([C@H]2[C@@H](C(=O)NCCc3ccc(OC)c(OC)c3)CC(=O)N2c2ccc(OC)cc2)cc1. The van der Waals surface area contributed by atoms with Crippen molar-refractivity contribution in [1.29, 1.82) is 0 Å². The minimum absolute atomic E-state index is 0.106. The van der Waals surface area contributed by atoms with E-state index in [1.54, 1.807) is 33.3 Å². The summed E-state index contributed by atoms with van der Waals surface area (Å²) in [6.45, 7) is 0.427. The number of rotatable bonds is 10. The van der Waals surface area contributed by atoms with Gasteiger partial charge in [-0.1, -0.05) is 18.2 Å². The van der Waals surface area contributed by atoms with Crippen molar-refractivity contribution in [2.24, 2.45) is 5.92 Å². The van der Waals surface area contributed by atoms with Crippen molar-refractivity contribution in [1.82, 2.24) is 5.32 Å². The van der Waals surface area contributed by atoms with Crippen LogP contribution in [0.15, 0.2) is 66.7 Å². The molecule has 4 rings (SSSR count). The number of ether oxygens (including phenoxy) is 4. The number of carbonyl (C=O) groups is 2. The lowest BCUT2D eigenvalue weighted by atomic mass is 9.92. The number of methoxy groups -OCH3 is 4. The van der Waals surface area contributed by atoms with Gasteiger partial charge in [0.05, 0.1) is 40.4 Å². The van der Waals surface area contributed by atoms with Crippen LogP contribution in [0.4, 0.5) is 5.69 Å². The van der Waals surface area contributed by atoms with Crippen molar-refractivity contribution in [3.05, 3.63) is 77.9 Å². The van der Waals surface area contributed by atoms with Gasteiger partial charge in [0.15, 0.2) is 11.5 Å². The standard InChI is InChI=1S/C29H32N2O6/c1-34-22-10-6-20(7-11-22)28-24(18-27(32)31(28)21-8-12-23(35-2)13-9-21)29(33)30-16-15-19-5-14-25(36-3)26(17-19)37-4/h5-14,17,24,28H,15-16,18H2,1-4H3,(H,30,33)/t24-,28-/m0/s1. The summed E-state index contributed by atoms with van der Waals surface area (Å²) in [5, 5.41) is 3.04. The second-order valence-corrected chi connectivity index (χ2v) is 8.72. The molecular weight excluding hydrogens is 472 g/mol. The average Bonchev–Trinajstić information content (AvgIpc) is 3.29. The maximum atomic E-state index is 13.4. The summed E-state index contributed by atoms with van der Waals surface area (Å²) in [6.07, 6.45) is 0.729. The summed E-state index contributed by atoms with van der Waals surface area (Å²) in [6, 6.07) is 20.0. The third-order valence-electron chi connectivity index (χ3n) is 6.63. The molecule has 0 radical (unpaired) electrons. The van der Waals surface area contributed by atoms with E-state index in [2.05, 4.69) is 5.32 Å². The molecule has 1 aliphatic heterocycles. The van der Waals surface area contributed by atoms with Gasteiger partial charge in [0, 0.05) is 18.7 Å². The lowest BCUT2D eigenvalue weighted by molar-refractivity contribution is -0.126. The van der Waals surface area contributed by atoms with E-state index >= 15 is 0 Å². The molecule has 1 fully saturated rings. The van der Waals surface area contributed by atoms with Crippen LogP contribution in [-0.4, -0.2) is 46.8 Å². The fraction of sp³-hybridized carbons (Fsp3) is 0.310. The van der Waals surface area contributed by atoms with Crippen LogP contribution in [0.3, 0.4) is 0 Å².